The van der Waals surface area contributed by atoms with Crippen molar-refractivity contribution >= 4 is 12.0 Å². The molecule has 0 spiro atoms. The quantitative estimate of drug-likeness (QED) is 0.791. The van der Waals surface area contributed by atoms with Gasteiger partial charge in [-0.2, -0.15) is 0 Å². The number of aryl methyl sites for hydroxylation is 1. The van der Waals surface area contributed by atoms with E-state index in [2.05, 4.69) is 10.6 Å². The summed E-state index contributed by atoms with van der Waals surface area (Å²) in [5.41, 5.74) is 2.18. The molecule has 1 rings (SSSR count). The van der Waals surface area contributed by atoms with Gasteiger partial charge in [-0.05, 0) is 18.4 Å². The van der Waals surface area contributed by atoms with Crippen LogP contribution in [0.1, 0.15) is 31.4 Å². The average Bonchev–Trinajstić information content (AvgIpc) is 2.50. The van der Waals surface area contributed by atoms with E-state index < -0.39 is 12.0 Å². The van der Waals surface area contributed by atoms with E-state index in [1.807, 2.05) is 45.0 Å². The Morgan fingerprint density at radius 1 is 1.24 bits per heavy atom. The molecule has 2 amide bonds. The lowest BCUT2D eigenvalue weighted by molar-refractivity contribution is -0.144. The number of esters is 1. The van der Waals surface area contributed by atoms with Crippen molar-refractivity contribution in [2.75, 3.05) is 7.11 Å². The summed E-state index contributed by atoms with van der Waals surface area (Å²) in [5.74, 6) is -0.405. The van der Waals surface area contributed by atoms with Gasteiger partial charge in [0, 0.05) is 6.54 Å². The Balaban J connectivity index is 2.53. The SMILES string of the molecule is CC[C@@H](C)[C@@H](NC(=O)NCc1ccc(C)cc1)C(=O)OC. The molecule has 0 fully saturated rings. The third kappa shape index (κ3) is 5.45. The van der Waals surface area contributed by atoms with Gasteiger partial charge in [0.2, 0.25) is 0 Å². The molecule has 2 N–H and O–H groups in total. The highest BCUT2D eigenvalue weighted by Gasteiger charge is 2.26. The van der Waals surface area contributed by atoms with E-state index in [9.17, 15) is 9.59 Å². The van der Waals surface area contributed by atoms with E-state index >= 15 is 0 Å². The fraction of sp³-hybridized carbons (Fsp3) is 0.500. The van der Waals surface area contributed by atoms with Crippen molar-refractivity contribution < 1.29 is 14.3 Å². The minimum atomic E-state index is -0.627. The molecular formula is C16H24N2O3. The molecule has 0 saturated heterocycles. The molecule has 0 aliphatic heterocycles. The molecule has 0 aromatic heterocycles. The molecule has 5 nitrogen and oxygen atoms in total. The molecule has 0 unspecified atom stereocenters. The molecule has 5 heteroatoms. The van der Waals surface area contributed by atoms with Crippen molar-refractivity contribution in [2.45, 2.75) is 39.8 Å². The molecule has 1 aromatic rings. The largest absolute Gasteiger partial charge is 0.467 e. The number of rotatable bonds is 6. The second kappa shape index (κ2) is 8.29. The average molecular weight is 292 g/mol. The molecule has 0 bridgehead atoms. The molecule has 0 radical (unpaired) electrons. The van der Waals surface area contributed by atoms with Gasteiger partial charge in [0.05, 0.1) is 7.11 Å². The first-order valence-electron chi connectivity index (χ1n) is 7.15. The van der Waals surface area contributed by atoms with Gasteiger partial charge in [0.15, 0.2) is 0 Å². The molecule has 0 aliphatic rings. The lowest BCUT2D eigenvalue weighted by Gasteiger charge is -2.22. The highest BCUT2D eigenvalue weighted by molar-refractivity contribution is 5.83. The summed E-state index contributed by atoms with van der Waals surface area (Å²) in [4.78, 5) is 23.6. The molecule has 0 saturated carbocycles. The second-order valence-corrected chi connectivity index (χ2v) is 5.20. The molecule has 116 valence electrons. The Bertz CT molecular complexity index is 471. The molecular weight excluding hydrogens is 268 g/mol. The fourth-order valence-corrected chi connectivity index (χ4v) is 1.88. The summed E-state index contributed by atoms with van der Waals surface area (Å²) in [6.07, 6.45) is 0.776. The van der Waals surface area contributed by atoms with E-state index in [-0.39, 0.29) is 11.9 Å². The summed E-state index contributed by atoms with van der Waals surface area (Å²) < 4.78 is 4.73. The van der Waals surface area contributed by atoms with Gasteiger partial charge in [0.1, 0.15) is 6.04 Å². The van der Waals surface area contributed by atoms with Crippen molar-refractivity contribution in [3.05, 3.63) is 35.4 Å². The van der Waals surface area contributed by atoms with Crippen molar-refractivity contribution in [2.24, 2.45) is 5.92 Å². The Morgan fingerprint density at radius 3 is 2.38 bits per heavy atom. The van der Waals surface area contributed by atoms with Gasteiger partial charge in [-0.25, -0.2) is 9.59 Å². The molecule has 21 heavy (non-hydrogen) atoms. The van der Waals surface area contributed by atoms with E-state index in [4.69, 9.17) is 4.74 Å². The van der Waals surface area contributed by atoms with Crippen LogP contribution in [-0.2, 0) is 16.1 Å². The van der Waals surface area contributed by atoms with Gasteiger partial charge >= 0.3 is 12.0 Å². The van der Waals surface area contributed by atoms with Gasteiger partial charge < -0.3 is 15.4 Å². The standard InChI is InChI=1S/C16H24N2O3/c1-5-12(3)14(15(19)21-4)18-16(20)17-10-13-8-6-11(2)7-9-13/h6-9,12,14H,5,10H2,1-4H3,(H2,17,18,20)/t12-,14-/m1/s1. The van der Waals surface area contributed by atoms with E-state index in [0.717, 1.165) is 12.0 Å². The number of benzene rings is 1. The Labute approximate surface area is 126 Å². The molecule has 0 aliphatic carbocycles. The first-order chi connectivity index (χ1) is 9.97. The summed E-state index contributed by atoms with van der Waals surface area (Å²) in [6.45, 7) is 6.30. The van der Waals surface area contributed by atoms with Crippen molar-refractivity contribution in [3.63, 3.8) is 0 Å². The predicted molar refractivity (Wildman–Crippen MR) is 81.8 cm³/mol. The number of carbonyl (C=O) groups is 2. The summed E-state index contributed by atoms with van der Waals surface area (Å²) >= 11 is 0. The van der Waals surface area contributed by atoms with Gasteiger partial charge in [-0.3, -0.25) is 0 Å². The van der Waals surface area contributed by atoms with Crippen LogP contribution in [0.15, 0.2) is 24.3 Å². The third-order valence-electron chi connectivity index (χ3n) is 3.53. The van der Waals surface area contributed by atoms with Crippen LogP contribution in [0.2, 0.25) is 0 Å². The molecule has 2 atom stereocenters. The number of carbonyl (C=O) groups excluding carboxylic acids is 2. The Hall–Kier alpha value is -2.04. The van der Waals surface area contributed by atoms with Gasteiger partial charge in [-0.1, -0.05) is 50.1 Å². The van der Waals surface area contributed by atoms with Crippen LogP contribution in [0, 0.1) is 12.8 Å². The molecule has 0 heterocycles. The topological polar surface area (TPSA) is 67.4 Å². The summed E-state index contributed by atoms with van der Waals surface area (Å²) in [5, 5.41) is 5.42. The Kier molecular flexibility index (Phi) is 6.72. The van der Waals surface area contributed by atoms with Crippen LogP contribution >= 0.6 is 0 Å². The number of hydrogen-bond donors (Lipinski definition) is 2. The number of amides is 2. The smallest absolute Gasteiger partial charge is 0.328 e. The van der Waals surface area contributed by atoms with E-state index in [1.54, 1.807) is 0 Å². The highest BCUT2D eigenvalue weighted by atomic mass is 16.5. The second-order valence-electron chi connectivity index (χ2n) is 5.20. The maximum atomic E-state index is 11.9. The van der Waals surface area contributed by atoms with Crippen molar-refractivity contribution in [1.82, 2.24) is 10.6 Å². The zero-order chi connectivity index (χ0) is 15.8. The fourth-order valence-electron chi connectivity index (χ4n) is 1.88. The highest BCUT2D eigenvalue weighted by Crippen LogP contribution is 2.09. The lowest BCUT2D eigenvalue weighted by atomic mass is 9.99. The van der Waals surface area contributed by atoms with Crippen LogP contribution < -0.4 is 10.6 Å². The van der Waals surface area contributed by atoms with Gasteiger partial charge in [-0.15, -0.1) is 0 Å². The number of ether oxygens (including phenoxy) is 1. The summed E-state index contributed by atoms with van der Waals surface area (Å²) in [6, 6.07) is 6.91. The van der Waals surface area contributed by atoms with Crippen LogP contribution in [0.5, 0.6) is 0 Å². The number of methoxy groups -OCH3 is 1. The van der Waals surface area contributed by atoms with Crippen LogP contribution in [0.4, 0.5) is 4.79 Å². The maximum absolute atomic E-state index is 11.9. The van der Waals surface area contributed by atoms with Crippen LogP contribution in [-0.4, -0.2) is 25.2 Å². The number of urea groups is 1. The van der Waals surface area contributed by atoms with Crippen LogP contribution in [0.3, 0.4) is 0 Å². The minimum absolute atomic E-state index is 0.0163. The monoisotopic (exact) mass is 292 g/mol. The van der Waals surface area contributed by atoms with Crippen molar-refractivity contribution in [1.29, 1.82) is 0 Å². The predicted octanol–water partition coefficient (Wildman–Crippen LogP) is 2.38. The van der Waals surface area contributed by atoms with E-state index in [1.165, 1.54) is 12.7 Å². The third-order valence-corrected chi connectivity index (χ3v) is 3.53. The summed E-state index contributed by atoms with van der Waals surface area (Å²) in [7, 11) is 1.32. The first kappa shape index (κ1) is 17.0. The van der Waals surface area contributed by atoms with Crippen LogP contribution in [0.25, 0.3) is 0 Å². The zero-order valence-electron chi connectivity index (χ0n) is 13.1. The first-order valence-corrected chi connectivity index (χ1v) is 7.15. The Morgan fingerprint density at radius 2 is 1.86 bits per heavy atom. The number of nitrogens with one attached hydrogen (secondary N) is 2. The maximum Gasteiger partial charge on any atom is 0.328 e. The van der Waals surface area contributed by atoms with E-state index in [0.29, 0.717) is 6.54 Å². The minimum Gasteiger partial charge on any atom is -0.467 e. The number of hydrogen-bond acceptors (Lipinski definition) is 3. The van der Waals surface area contributed by atoms with Crippen molar-refractivity contribution in [3.8, 4) is 0 Å². The van der Waals surface area contributed by atoms with Gasteiger partial charge in [0.25, 0.3) is 0 Å². The molecule has 1 aromatic carbocycles. The zero-order valence-corrected chi connectivity index (χ0v) is 13.1. The lowest BCUT2D eigenvalue weighted by Crippen LogP contribution is -2.49. The normalized spacial score (nSPS) is 13.1.